The second kappa shape index (κ2) is 5.16. The third-order valence-electron chi connectivity index (χ3n) is 2.80. The molecule has 0 fully saturated rings. The van der Waals surface area contributed by atoms with Gasteiger partial charge in [-0.2, -0.15) is 4.98 Å². The summed E-state index contributed by atoms with van der Waals surface area (Å²) in [5.41, 5.74) is 0.413. The van der Waals surface area contributed by atoms with Gasteiger partial charge in [-0.05, 0) is 24.3 Å². The van der Waals surface area contributed by atoms with Crippen LogP contribution in [-0.4, -0.2) is 21.0 Å². The van der Waals surface area contributed by atoms with Crippen molar-refractivity contribution in [2.45, 2.75) is 0 Å². The SMILES string of the molecule is O=C(O)c1nc(Oc2ccccc2F)c2ccccc2n1. The molecule has 104 valence electrons. The van der Waals surface area contributed by atoms with E-state index in [1.54, 1.807) is 30.3 Å². The number of rotatable bonds is 3. The molecule has 21 heavy (non-hydrogen) atoms. The van der Waals surface area contributed by atoms with E-state index >= 15 is 0 Å². The van der Waals surface area contributed by atoms with Crippen molar-refractivity contribution in [3.05, 3.63) is 60.2 Å². The van der Waals surface area contributed by atoms with Crippen molar-refractivity contribution in [3.63, 3.8) is 0 Å². The number of benzene rings is 2. The third-order valence-corrected chi connectivity index (χ3v) is 2.80. The van der Waals surface area contributed by atoms with Gasteiger partial charge in [0.25, 0.3) is 0 Å². The standard InChI is InChI=1S/C15H9FN2O3/c16-10-6-2-4-8-12(10)21-14-9-5-1-3-7-11(9)17-13(18-14)15(19)20/h1-8H,(H,19,20). The molecule has 0 aliphatic heterocycles. The summed E-state index contributed by atoms with van der Waals surface area (Å²) in [5.74, 6) is -2.27. The number of para-hydroxylation sites is 2. The van der Waals surface area contributed by atoms with Gasteiger partial charge in [0.1, 0.15) is 0 Å². The number of hydrogen-bond donors (Lipinski definition) is 1. The second-order valence-corrected chi connectivity index (χ2v) is 4.21. The summed E-state index contributed by atoms with van der Waals surface area (Å²) >= 11 is 0. The van der Waals surface area contributed by atoms with E-state index in [-0.39, 0.29) is 11.6 Å². The van der Waals surface area contributed by atoms with Crippen LogP contribution in [0.1, 0.15) is 10.6 Å². The Balaban J connectivity index is 2.16. The maximum atomic E-state index is 13.6. The molecule has 0 radical (unpaired) electrons. The Morgan fingerprint density at radius 2 is 1.76 bits per heavy atom. The van der Waals surface area contributed by atoms with Crippen LogP contribution in [0, 0.1) is 5.82 Å². The van der Waals surface area contributed by atoms with Crippen molar-refractivity contribution in [3.8, 4) is 11.6 Å². The number of carboxylic acids is 1. The van der Waals surface area contributed by atoms with Crippen molar-refractivity contribution >= 4 is 16.9 Å². The Labute approximate surface area is 118 Å². The highest BCUT2D eigenvalue weighted by Gasteiger charge is 2.15. The smallest absolute Gasteiger partial charge is 0.374 e. The predicted molar refractivity (Wildman–Crippen MR) is 73.0 cm³/mol. The molecule has 0 aliphatic carbocycles. The summed E-state index contributed by atoms with van der Waals surface area (Å²) in [7, 11) is 0. The second-order valence-electron chi connectivity index (χ2n) is 4.21. The largest absolute Gasteiger partial charge is 0.475 e. The van der Waals surface area contributed by atoms with E-state index in [9.17, 15) is 9.18 Å². The van der Waals surface area contributed by atoms with Crippen molar-refractivity contribution in [2.75, 3.05) is 0 Å². The highest BCUT2D eigenvalue weighted by atomic mass is 19.1. The summed E-state index contributed by atoms with van der Waals surface area (Å²) in [5, 5.41) is 9.54. The molecule has 0 spiro atoms. The van der Waals surface area contributed by atoms with E-state index in [0.29, 0.717) is 10.9 Å². The summed E-state index contributed by atoms with van der Waals surface area (Å²) < 4.78 is 19.1. The van der Waals surface area contributed by atoms with Crippen LogP contribution >= 0.6 is 0 Å². The molecule has 1 heterocycles. The number of hydrogen-bond acceptors (Lipinski definition) is 4. The van der Waals surface area contributed by atoms with Gasteiger partial charge in [-0.3, -0.25) is 0 Å². The molecule has 0 atom stereocenters. The number of aromatic nitrogens is 2. The first-order chi connectivity index (χ1) is 10.1. The minimum Gasteiger partial charge on any atom is -0.475 e. The van der Waals surface area contributed by atoms with Crippen molar-refractivity contribution < 1.29 is 19.0 Å². The van der Waals surface area contributed by atoms with Crippen LogP contribution in [-0.2, 0) is 0 Å². The number of nitrogens with zero attached hydrogens (tertiary/aromatic N) is 2. The first-order valence-corrected chi connectivity index (χ1v) is 6.07. The lowest BCUT2D eigenvalue weighted by molar-refractivity contribution is 0.0683. The number of fused-ring (bicyclic) bond motifs is 1. The molecule has 1 N–H and O–H groups in total. The van der Waals surface area contributed by atoms with Gasteiger partial charge in [-0.1, -0.05) is 24.3 Å². The number of ether oxygens (including phenoxy) is 1. The molecule has 0 saturated heterocycles. The summed E-state index contributed by atoms with van der Waals surface area (Å²) in [4.78, 5) is 18.8. The Morgan fingerprint density at radius 3 is 2.52 bits per heavy atom. The highest BCUT2D eigenvalue weighted by molar-refractivity contribution is 5.90. The maximum Gasteiger partial charge on any atom is 0.374 e. The Kier molecular flexibility index (Phi) is 3.19. The van der Waals surface area contributed by atoms with Gasteiger partial charge in [0.2, 0.25) is 11.7 Å². The Bertz CT molecular complexity index is 836. The van der Waals surface area contributed by atoms with Gasteiger partial charge < -0.3 is 9.84 Å². The van der Waals surface area contributed by atoms with Crippen LogP contribution in [0.25, 0.3) is 10.9 Å². The summed E-state index contributed by atoms with van der Waals surface area (Å²) in [6.45, 7) is 0. The minimum atomic E-state index is -1.28. The molecule has 2 aromatic carbocycles. The van der Waals surface area contributed by atoms with E-state index in [2.05, 4.69) is 9.97 Å². The lowest BCUT2D eigenvalue weighted by atomic mass is 10.2. The zero-order valence-electron chi connectivity index (χ0n) is 10.7. The predicted octanol–water partition coefficient (Wildman–Crippen LogP) is 3.26. The van der Waals surface area contributed by atoms with Crippen molar-refractivity contribution in [2.24, 2.45) is 0 Å². The fourth-order valence-electron chi connectivity index (χ4n) is 1.85. The van der Waals surface area contributed by atoms with Gasteiger partial charge >= 0.3 is 5.97 Å². The topological polar surface area (TPSA) is 72.3 Å². The molecular formula is C15H9FN2O3. The zero-order valence-corrected chi connectivity index (χ0v) is 10.7. The summed E-state index contributed by atoms with van der Waals surface area (Å²) in [6, 6.07) is 12.6. The lowest BCUT2D eigenvalue weighted by Crippen LogP contribution is -2.06. The van der Waals surface area contributed by atoms with Crippen LogP contribution in [0.5, 0.6) is 11.6 Å². The van der Waals surface area contributed by atoms with Crippen molar-refractivity contribution in [1.29, 1.82) is 0 Å². The lowest BCUT2D eigenvalue weighted by Gasteiger charge is -2.09. The molecule has 0 amide bonds. The number of carbonyl (C=O) groups is 1. The van der Waals surface area contributed by atoms with E-state index in [1.165, 1.54) is 18.2 Å². The van der Waals surface area contributed by atoms with Crippen LogP contribution in [0.2, 0.25) is 0 Å². The molecule has 0 bridgehead atoms. The van der Waals surface area contributed by atoms with E-state index < -0.39 is 17.6 Å². The summed E-state index contributed by atoms with van der Waals surface area (Å²) in [6.07, 6.45) is 0. The van der Waals surface area contributed by atoms with Gasteiger partial charge in [0, 0.05) is 0 Å². The first kappa shape index (κ1) is 13.0. The Morgan fingerprint density at radius 1 is 1.05 bits per heavy atom. The monoisotopic (exact) mass is 284 g/mol. The average Bonchev–Trinajstić information content (AvgIpc) is 2.49. The minimum absolute atomic E-state index is 0.00287. The maximum absolute atomic E-state index is 13.6. The van der Waals surface area contributed by atoms with E-state index in [4.69, 9.17) is 9.84 Å². The molecule has 1 aromatic heterocycles. The normalized spacial score (nSPS) is 10.5. The van der Waals surface area contributed by atoms with E-state index in [0.717, 1.165) is 0 Å². The van der Waals surface area contributed by atoms with Gasteiger partial charge in [0.05, 0.1) is 10.9 Å². The molecule has 3 rings (SSSR count). The van der Waals surface area contributed by atoms with Gasteiger partial charge in [-0.15, -0.1) is 0 Å². The quantitative estimate of drug-likeness (QED) is 0.799. The number of carboxylic acid groups (broad SMARTS) is 1. The molecule has 0 unspecified atom stereocenters. The van der Waals surface area contributed by atoms with Crippen LogP contribution in [0.4, 0.5) is 4.39 Å². The van der Waals surface area contributed by atoms with Crippen molar-refractivity contribution in [1.82, 2.24) is 9.97 Å². The average molecular weight is 284 g/mol. The van der Waals surface area contributed by atoms with Gasteiger partial charge in [0.15, 0.2) is 11.6 Å². The number of halogens is 1. The zero-order chi connectivity index (χ0) is 14.8. The van der Waals surface area contributed by atoms with Crippen LogP contribution in [0.3, 0.4) is 0 Å². The third kappa shape index (κ3) is 2.51. The first-order valence-electron chi connectivity index (χ1n) is 6.07. The van der Waals surface area contributed by atoms with E-state index in [1.807, 2.05) is 0 Å². The van der Waals surface area contributed by atoms with Crippen LogP contribution in [0.15, 0.2) is 48.5 Å². The highest BCUT2D eigenvalue weighted by Crippen LogP contribution is 2.28. The molecule has 0 saturated carbocycles. The van der Waals surface area contributed by atoms with Gasteiger partial charge in [-0.25, -0.2) is 14.2 Å². The number of aromatic carboxylic acids is 1. The fraction of sp³-hybridized carbons (Fsp3) is 0. The fourth-order valence-corrected chi connectivity index (χ4v) is 1.85. The molecule has 6 heteroatoms. The van der Waals surface area contributed by atoms with Crippen LogP contribution < -0.4 is 4.74 Å². The molecule has 0 aliphatic rings. The molecule has 5 nitrogen and oxygen atoms in total. The molecule has 3 aromatic rings. The molecular weight excluding hydrogens is 275 g/mol. The Hall–Kier alpha value is -3.02.